The maximum absolute atomic E-state index is 7.01. The second-order valence-corrected chi connectivity index (χ2v) is 6.82. The van der Waals surface area contributed by atoms with E-state index in [9.17, 15) is 0 Å². The molecule has 1 saturated carbocycles. The van der Waals surface area contributed by atoms with E-state index >= 15 is 0 Å². The van der Waals surface area contributed by atoms with Gasteiger partial charge in [-0.25, -0.2) is 0 Å². The Hall–Kier alpha value is -1.22. The summed E-state index contributed by atoms with van der Waals surface area (Å²) >= 11 is 0. The molecule has 0 aromatic heterocycles. The zero-order chi connectivity index (χ0) is 15.6. The van der Waals surface area contributed by atoms with Crippen molar-refractivity contribution in [2.45, 2.75) is 45.6 Å². The van der Waals surface area contributed by atoms with Crippen LogP contribution in [0.5, 0.6) is 11.5 Å². The van der Waals surface area contributed by atoms with Crippen molar-refractivity contribution < 1.29 is 9.47 Å². The van der Waals surface area contributed by atoms with Gasteiger partial charge in [0.2, 0.25) is 0 Å². The van der Waals surface area contributed by atoms with Gasteiger partial charge in [0, 0.05) is 0 Å². The molecule has 0 bridgehead atoms. The highest BCUT2D eigenvalue weighted by Crippen LogP contribution is 2.50. The molecule has 3 nitrogen and oxygen atoms in total. The lowest BCUT2D eigenvalue weighted by Gasteiger charge is -2.47. The normalized spacial score (nSPS) is 29.5. The van der Waals surface area contributed by atoms with Crippen molar-refractivity contribution in [2.75, 3.05) is 14.2 Å². The van der Waals surface area contributed by atoms with Gasteiger partial charge in [-0.2, -0.15) is 0 Å². The van der Waals surface area contributed by atoms with Gasteiger partial charge in [0.1, 0.15) is 11.5 Å². The van der Waals surface area contributed by atoms with Gasteiger partial charge in [-0.15, -0.1) is 0 Å². The van der Waals surface area contributed by atoms with Crippen molar-refractivity contribution in [2.24, 2.45) is 23.5 Å². The molecule has 1 fully saturated rings. The number of ether oxygens (including phenoxy) is 2. The first-order valence-corrected chi connectivity index (χ1v) is 7.94. The minimum absolute atomic E-state index is 0.385. The number of hydrogen-bond acceptors (Lipinski definition) is 3. The minimum Gasteiger partial charge on any atom is -0.496 e. The largest absolute Gasteiger partial charge is 0.496 e. The van der Waals surface area contributed by atoms with Crippen molar-refractivity contribution in [1.82, 2.24) is 0 Å². The monoisotopic (exact) mass is 291 g/mol. The second kappa shape index (κ2) is 6.27. The van der Waals surface area contributed by atoms with Gasteiger partial charge in [-0.1, -0.05) is 33.3 Å². The summed E-state index contributed by atoms with van der Waals surface area (Å²) in [4.78, 5) is 0. The summed E-state index contributed by atoms with van der Waals surface area (Å²) in [5.41, 5.74) is 7.67. The van der Waals surface area contributed by atoms with Crippen LogP contribution in [0.15, 0.2) is 18.2 Å². The SMILES string of the molecule is COc1cccc(OC)c1C1(N)CC(C)CCC1C(C)C. The van der Waals surface area contributed by atoms with Crippen LogP contribution in [0.25, 0.3) is 0 Å². The van der Waals surface area contributed by atoms with Crippen LogP contribution in [0.3, 0.4) is 0 Å². The molecule has 3 atom stereocenters. The van der Waals surface area contributed by atoms with E-state index in [4.69, 9.17) is 15.2 Å². The highest BCUT2D eigenvalue weighted by atomic mass is 16.5. The first-order chi connectivity index (χ1) is 9.93. The standard InChI is InChI=1S/C18H29NO2/c1-12(2)14-10-9-13(3)11-18(14,19)17-15(20-4)7-6-8-16(17)21-5/h6-8,12-14H,9-11,19H2,1-5H3. The molecule has 3 unspecified atom stereocenters. The van der Waals surface area contributed by atoms with Gasteiger partial charge in [-0.05, 0) is 42.7 Å². The summed E-state index contributed by atoms with van der Waals surface area (Å²) in [6.07, 6.45) is 3.39. The average Bonchev–Trinajstić information content (AvgIpc) is 2.45. The average molecular weight is 291 g/mol. The van der Waals surface area contributed by atoms with Crippen molar-refractivity contribution in [1.29, 1.82) is 0 Å². The molecule has 21 heavy (non-hydrogen) atoms. The predicted octanol–water partition coefficient (Wildman–Crippen LogP) is 3.95. The molecule has 2 rings (SSSR count). The number of nitrogens with two attached hydrogens (primary N) is 1. The molecule has 1 aliphatic rings. The molecule has 0 amide bonds. The van der Waals surface area contributed by atoms with Crippen LogP contribution in [0.2, 0.25) is 0 Å². The quantitative estimate of drug-likeness (QED) is 0.913. The van der Waals surface area contributed by atoms with Crippen molar-refractivity contribution in [3.8, 4) is 11.5 Å². The maximum Gasteiger partial charge on any atom is 0.127 e. The van der Waals surface area contributed by atoms with Crippen LogP contribution in [-0.2, 0) is 5.54 Å². The molecular weight excluding hydrogens is 262 g/mol. The molecule has 3 heteroatoms. The number of benzene rings is 1. The molecule has 1 aromatic carbocycles. The zero-order valence-corrected chi connectivity index (χ0v) is 14.0. The Kier molecular flexibility index (Phi) is 4.82. The van der Waals surface area contributed by atoms with E-state index in [1.807, 2.05) is 18.2 Å². The van der Waals surface area contributed by atoms with Gasteiger partial charge in [0.05, 0.1) is 25.3 Å². The first kappa shape index (κ1) is 16.2. The fourth-order valence-corrected chi connectivity index (χ4v) is 4.08. The lowest BCUT2D eigenvalue weighted by Crippen LogP contribution is -2.50. The van der Waals surface area contributed by atoms with Gasteiger partial charge < -0.3 is 15.2 Å². The Morgan fingerprint density at radius 1 is 1.14 bits per heavy atom. The van der Waals surface area contributed by atoms with E-state index < -0.39 is 0 Å². The highest BCUT2D eigenvalue weighted by molar-refractivity contribution is 5.50. The van der Waals surface area contributed by atoms with E-state index in [-0.39, 0.29) is 5.54 Å². The van der Waals surface area contributed by atoms with Gasteiger partial charge in [-0.3, -0.25) is 0 Å². The lowest BCUT2D eigenvalue weighted by molar-refractivity contribution is 0.103. The Morgan fingerprint density at radius 2 is 1.71 bits per heavy atom. The summed E-state index contributed by atoms with van der Waals surface area (Å²) in [5, 5.41) is 0. The van der Waals surface area contributed by atoms with Crippen LogP contribution >= 0.6 is 0 Å². The molecule has 118 valence electrons. The fraction of sp³-hybridized carbons (Fsp3) is 0.667. The third-order valence-electron chi connectivity index (χ3n) is 5.02. The first-order valence-electron chi connectivity index (χ1n) is 7.94. The van der Waals surface area contributed by atoms with Crippen molar-refractivity contribution >= 4 is 0 Å². The van der Waals surface area contributed by atoms with Gasteiger partial charge in [0.25, 0.3) is 0 Å². The van der Waals surface area contributed by atoms with E-state index in [2.05, 4.69) is 20.8 Å². The smallest absolute Gasteiger partial charge is 0.127 e. The predicted molar refractivity (Wildman–Crippen MR) is 86.8 cm³/mol. The molecule has 0 spiro atoms. The molecule has 1 aromatic rings. The second-order valence-electron chi connectivity index (χ2n) is 6.82. The summed E-state index contributed by atoms with van der Waals surface area (Å²) in [6, 6.07) is 5.94. The molecule has 2 N–H and O–H groups in total. The number of methoxy groups -OCH3 is 2. The maximum atomic E-state index is 7.01. The Balaban J connectivity index is 2.59. The summed E-state index contributed by atoms with van der Waals surface area (Å²) in [5.74, 6) is 3.30. The van der Waals surface area contributed by atoms with E-state index in [1.165, 1.54) is 6.42 Å². The Labute approximate surface area is 128 Å². The topological polar surface area (TPSA) is 44.5 Å². The third-order valence-corrected chi connectivity index (χ3v) is 5.02. The van der Waals surface area contributed by atoms with Crippen LogP contribution in [0, 0.1) is 17.8 Å². The summed E-state index contributed by atoms with van der Waals surface area (Å²) in [6.45, 7) is 6.83. The Morgan fingerprint density at radius 3 is 2.19 bits per heavy atom. The Bertz CT molecular complexity index is 464. The van der Waals surface area contributed by atoms with E-state index in [1.54, 1.807) is 14.2 Å². The van der Waals surface area contributed by atoms with E-state index in [0.717, 1.165) is 29.9 Å². The molecular formula is C18H29NO2. The molecule has 0 heterocycles. The van der Waals surface area contributed by atoms with Crippen LogP contribution < -0.4 is 15.2 Å². The van der Waals surface area contributed by atoms with Gasteiger partial charge in [0.15, 0.2) is 0 Å². The van der Waals surface area contributed by atoms with Crippen molar-refractivity contribution in [3.63, 3.8) is 0 Å². The summed E-state index contributed by atoms with van der Waals surface area (Å²) < 4.78 is 11.2. The third kappa shape index (κ3) is 2.89. The number of rotatable bonds is 4. The van der Waals surface area contributed by atoms with Gasteiger partial charge >= 0.3 is 0 Å². The zero-order valence-electron chi connectivity index (χ0n) is 14.0. The van der Waals surface area contributed by atoms with E-state index in [0.29, 0.717) is 17.8 Å². The number of hydrogen-bond donors (Lipinski definition) is 1. The highest BCUT2D eigenvalue weighted by Gasteiger charge is 2.45. The minimum atomic E-state index is -0.385. The van der Waals surface area contributed by atoms with Crippen LogP contribution in [0.4, 0.5) is 0 Å². The molecule has 1 aliphatic carbocycles. The molecule has 0 aliphatic heterocycles. The lowest BCUT2D eigenvalue weighted by atomic mass is 9.62. The molecule has 0 radical (unpaired) electrons. The van der Waals surface area contributed by atoms with Crippen LogP contribution in [-0.4, -0.2) is 14.2 Å². The fourth-order valence-electron chi connectivity index (χ4n) is 4.08. The van der Waals surface area contributed by atoms with Crippen molar-refractivity contribution in [3.05, 3.63) is 23.8 Å². The molecule has 0 saturated heterocycles. The van der Waals surface area contributed by atoms with Crippen LogP contribution in [0.1, 0.15) is 45.6 Å². The summed E-state index contributed by atoms with van der Waals surface area (Å²) in [7, 11) is 3.41.